The number of carbonyl (C=O) groups excluding carboxylic acids is 1. The van der Waals surface area contributed by atoms with Crippen LogP contribution in [0.15, 0.2) is 18.2 Å². The van der Waals surface area contributed by atoms with Gasteiger partial charge in [0, 0.05) is 12.6 Å². The van der Waals surface area contributed by atoms with Gasteiger partial charge < -0.3 is 15.2 Å². The van der Waals surface area contributed by atoms with Crippen LogP contribution >= 0.6 is 0 Å². The number of aliphatic hydroxyl groups is 1. The van der Waals surface area contributed by atoms with Crippen molar-refractivity contribution >= 4 is 11.6 Å². The summed E-state index contributed by atoms with van der Waals surface area (Å²) in [5.41, 5.74) is -1.18. The highest BCUT2D eigenvalue weighted by Crippen LogP contribution is 2.30. The lowest BCUT2D eigenvalue weighted by atomic mass is 9.97. The van der Waals surface area contributed by atoms with Gasteiger partial charge in [0.2, 0.25) is 5.75 Å². The monoisotopic (exact) mass is 296 g/mol. The third-order valence-electron chi connectivity index (χ3n) is 3.53. The Kier molecular flexibility index (Phi) is 5.66. The van der Waals surface area contributed by atoms with E-state index in [0.717, 1.165) is 0 Å². The number of nitro benzene ring substituents is 1. The van der Waals surface area contributed by atoms with Crippen molar-refractivity contribution in [3.8, 4) is 5.75 Å². The van der Waals surface area contributed by atoms with Crippen molar-refractivity contribution in [3.63, 3.8) is 0 Å². The summed E-state index contributed by atoms with van der Waals surface area (Å²) in [6, 6.07) is 4.13. The zero-order valence-corrected chi connectivity index (χ0v) is 12.4. The van der Waals surface area contributed by atoms with Gasteiger partial charge >= 0.3 is 5.69 Å². The Balaban J connectivity index is 2.98. The molecule has 0 fully saturated rings. The van der Waals surface area contributed by atoms with Crippen molar-refractivity contribution in [2.45, 2.75) is 32.3 Å². The van der Waals surface area contributed by atoms with E-state index in [0.29, 0.717) is 12.8 Å². The summed E-state index contributed by atoms with van der Waals surface area (Å²) in [7, 11) is 1.27. The Morgan fingerprint density at radius 1 is 1.43 bits per heavy atom. The van der Waals surface area contributed by atoms with Crippen molar-refractivity contribution in [2.75, 3.05) is 13.7 Å². The summed E-state index contributed by atoms with van der Waals surface area (Å²) in [4.78, 5) is 22.5. The van der Waals surface area contributed by atoms with E-state index in [1.807, 2.05) is 13.8 Å². The number of amides is 1. The fraction of sp³-hybridized carbons (Fsp3) is 0.500. The number of nitrogens with one attached hydrogen (secondary N) is 1. The molecule has 1 amide bonds. The van der Waals surface area contributed by atoms with Crippen LogP contribution in [0.3, 0.4) is 0 Å². The average Bonchev–Trinajstić information content (AvgIpc) is 2.51. The Morgan fingerprint density at radius 2 is 2.05 bits per heavy atom. The number of hydrogen-bond donors (Lipinski definition) is 2. The summed E-state index contributed by atoms with van der Waals surface area (Å²) >= 11 is 0. The third kappa shape index (κ3) is 3.91. The van der Waals surface area contributed by atoms with E-state index < -0.39 is 16.4 Å². The van der Waals surface area contributed by atoms with Crippen molar-refractivity contribution in [1.82, 2.24) is 5.32 Å². The van der Waals surface area contributed by atoms with E-state index >= 15 is 0 Å². The maximum atomic E-state index is 12.2. The molecule has 2 N–H and O–H groups in total. The normalized spacial score (nSPS) is 11.0. The molecule has 1 aromatic rings. The van der Waals surface area contributed by atoms with Crippen LogP contribution in [0, 0.1) is 10.1 Å². The molecule has 0 radical (unpaired) electrons. The fourth-order valence-electron chi connectivity index (χ4n) is 1.90. The molecule has 0 aliphatic heterocycles. The van der Waals surface area contributed by atoms with Crippen LogP contribution in [0.5, 0.6) is 5.75 Å². The largest absolute Gasteiger partial charge is 0.490 e. The van der Waals surface area contributed by atoms with E-state index in [1.54, 1.807) is 0 Å². The fourth-order valence-corrected chi connectivity index (χ4v) is 1.90. The molecule has 0 bridgehead atoms. The SMILES string of the molecule is CCC(O)(CC)CNC(=O)c1cccc([N+](=O)[O-])c1OC. The first-order chi connectivity index (χ1) is 9.88. The van der Waals surface area contributed by atoms with Crippen LogP contribution in [0.2, 0.25) is 0 Å². The first-order valence-corrected chi connectivity index (χ1v) is 6.70. The number of benzene rings is 1. The first-order valence-electron chi connectivity index (χ1n) is 6.70. The highest BCUT2D eigenvalue weighted by atomic mass is 16.6. The zero-order valence-electron chi connectivity index (χ0n) is 12.4. The molecule has 0 saturated carbocycles. The quantitative estimate of drug-likeness (QED) is 0.591. The van der Waals surface area contributed by atoms with Gasteiger partial charge in [-0.3, -0.25) is 14.9 Å². The number of rotatable bonds is 7. The summed E-state index contributed by atoms with van der Waals surface area (Å²) < 4.78 is 4.98. The highest BCUT2D eigenvalue weighted by Gasteiger charge is 2.26. The van der Waals surface area contributed by atoms with Gasteiger partial charge in [-0.15, -0.1) is 0 Å². The molecule has 0 atom stereocenters. The lowest BCUT2D eigenvalue weighted by molar-refractivity contribution is -0.385. The maximum absolute atomic E-state index is 12.2. The molecule has 0 spiro atoms. The van der Waals surface area contributed by atoms with Crippen LogP contribution in [0.25, 0.3) is 0 Å². The molecule has 0 aliphatic rings. The Morgan fingerprint density at radius 3 is 2.52 bits per heavy atom. The molecule has 7 heteroatoms. The lowest BCUT2D eigenvalue weighted by Gasteiger charge is -2.25. The maximum Gasteiger partial charge on any atom is 0.311 e. The van der Waals surface area contributed by atoms with Crippen molar-refractivity contribution in [3.05, 3.63) is 33.9 Å². The molecular weight excluding hydrogens is 276 g/mol. The Hall–Kier alpha value is -2.15. The molecule has 7 nitrogen and oxygen atoms in total. The second-order valence-electron chi connectivity index (χ2n) is 4.73. The van der Waals surface area contributed by atoms with E-state index in [4.69, 9.17) is 4.74 Å². The van der Waals surface area contributed by atoms with E-state index in [9.17, 15) is 20.0 Å². The number of nitro groups is 1. The second kappa shape index (κ2) is 7.03. The van der Waals surface area contributed by atoms with Crippen molar-refractivity contribution in [2.24, 2.45) is 0 Å². The summed E-state index contributed by atoms with van der Waals surface area (Å²) in [6.07, 6.45) is 0.992. The molecule has 0 saturated heterocycles. The molecule has 0 heterocycles. The molecule has 0 aromatic heterocycles. The highest BCUT2D eigenvalue weighted by molar-refractivity contribution is 5.98. The minimum Gasteiger partial charge on any atom is -0.490 e. The van der Waals surface area contributed by atoms with Gasteiger partial charge in [0.05, 0.1) is 23.2 Å². The number of ether oxygens (including phenoxy) is 1. The van der Waals surface area contributed by atoms with Gasteiger partial charge in [-0.05, 0) is 18.9 Å². The van der Waals surface area contributed by atoms with Gasteiger partial charge in [-0.25, -0.2) is 0 Å². The molecular formula is C14H20N2O5. The number of methoxy groups -OCH3 is 1. The lowest BCUT2D eigenvalue weighted by Crippen LogP contribution is -2.42. The minimum atomic E-state index is -0.983. The first kappa shape index (κ1) is 16.9. The number of carbonyl (C=O) groups is 1. The smallest absolute Gasteiger partial charge is 0.311 e. The Labute approximate surface area is 123 Å². The van der Waals surface area contributed by atoms with Gasteiger partial charge in [0.25, 0.3) is 5.91 Å². The minimum absolute atomic E-state index is 0.0706. The molecule has 116 valence electrons. The van der Waals surface area contributed by atoms with Crippen molar-refractivity contribution in [1.29, 1.82) is 0 Å². The van der Waals surface area contributed by atoms with E-state index in [1.165, 1.54) is 25.3 Å². The van der Waals surface area contributed by atoms with Gasteiger partial charge in [0.15, 0.2) is 0 Å². The van der Waals surface area contributed by atoms with E-state index in [2.05, 4.69) is 5.32 Å². The standard InChI is InChI=1S/C14H20N2O5/c1-4-14(18,5-2)9-15-13(17)10-7-6-8-11(16(19)20)12(10)21-3/h6-8,18H,4-5,9H2,1-3H3,(H,15,17). The second-order valence-corrected chi connectivity index (χ2v) is 4.73. The molecule has 1 aromatic carbocycles. The topological polar surface area (TPSA) is 102 Å². The van der Waals surface area contributed by atoms with Crippen LogP contribution in [-0.4, -0.2) is 35.2 Å². The number of nitrogens with zero attached hydrogens (tertiary/aromatic N) is 1. The third-order valence-corrected chi connectivity index (χ3v) is 3.53. The summed E-state index contributed by atoms with van der Waals surface area (Å²) in [5.74, 6) is -0.604. The number of para-hydroxylation sites is 1. The molecule has 1 rings (SSSR count). The van der Waals surface area contributed by atoms with Crippen LogP contribution in [0.4, 0.5) is 5.69 Å². The number of hydrogen-bond acceptors (Lipinski definition) is 5. The van der Waals surface area contributed by atoms with Gasteiger partial charge in [-0.1, -0.05) is 19.9 Å². The predicted molar refractivity (Wildman–Crippen MR) is 77.5 cm³/mol. The van der Waals surface area contributed by atoms with Gasteiger partial charge in [-0.2, -0.15) is 0 Å². The van der Waals surface area contributed by atoms with Crippen LogP contribution < -0.4 is 10.1 Å². The Bertz CT molecular complexity index is 526. The van der Waals surface area contributed by atoms with Gasteiger partial charge in [0.1, 0.15) is 0 Å². The van der Waals surface area contributed by atoms with Crippen molar-refractivity contribution < 1.29 is 19.6 Å². The summed E-state index contributed by atoms with van der Waals surface area (Å²) in [5, 5.41) is 23.6. The summed E-state index contributed by atoms with van der Waals surface area (Å²) in [6.45, 7) is 3.72. The van der Waals surface area contributed by atoms with E-state index in [-0.39, 0.29) is 23.5 Å². The molecule has 0 unspecified atom stereocenters. The van der Waals surface area contributed by atoms with Crippen LogP contribution in [0.1, 0.15) is 37.0 Å². The predicted octanol–water partition coefficient (Wildman–Crippen LogP) is 1.88. The molecule has 0 aliphatic carbocycles. The zero-order chi connectivity index (χ0) is 16.0. The average molecular weight is 296 g/mol. The molecule has 21 heavy (non-hydrogen) atoms. The van der Waals surface area contributed by atoms with Crippen LogP contribution in [-0.2, 0) is 0 Å².